The second-order valence-corrected chi connectivity index (χ2v) is 10.0. The summed E-state index contributed by atoms with van der Waals surface area (Å²) >= 11 is 0. The van der Waals surface area contributed by atoms with Crippen molar-refractivity contribution in [2.24, 2.45) is 12.5 Å². The van der Waals surface area contributed by atoms with Gasteiger partial charge in [0.2, 0.25) is 5.88 Å². The molecule has 2 aromatic carbocycles. The van der Waals surface area contributed by atoms with Gasteiger partial charge in [-0.05, 0) is 60.5 Å². The highest BCUT2D eigenvalue weighted by Crippen LogP contribution is 2.35. The molecule has 3 heterocycles. The number of aryl methyl sites for hydroxylation is 1. The summed E-state index contributed by atoms with van der Waals surface area (Å²) in [5.74, 6) is 2.11. The van der Waals surface area contributed by atoms with Gasteiger partial charge in [0.1, 0.15) is 0 Å². The molecule has 0 saturated heterocycles. The van der Waals surface area contributed by atoms with Crippen LogP contribution >= 0.6 is 0 Å². The maximum absolute atomic E-state index is 6.33. The smallest absolute Gasteiger partial charge is 0.223 e. The molecule has 0 N–H and O–H groups in total. The van der Waals surface area contributed by atoms with Crippen LogP contribution in [0.15, 0.2) is 72.9 Å². The predicted molar refractivity (Wildman–Crippen MR) is 136 cm³/mol. The van der Waals surface area contributed by atoms with Crippen molar-refractivity contribution >= 4 is 10.9 Å². The van der Waals surface area contributed by atoms with E-state index in [1.165, 1.54) is 16.6 Å². The van der Waals surface area contributed by atoms with Gasteiger partial charge in [-0.25, -0.2) is 4.98 Å². The van der Waals surface area contributed by atoms with E-state index in [0.29, 0.717) is 18.2 Å². The van der Waals surface area contributed by atoms with Gasteiger partial charge in [0.15, 0.2) is 11.5 Å². The molecule has 34 heavy (non-hydrogen) atoms. The fourth-order valence-electron chi connectivity index (χ4n) is 4.70. The third kappa shape index (κ3) is 4.95. The highest BCUT2D eigenvalue weighted by atomic mass is 16.5. The van der Waals surface area contributed by atoms with E-state index in [4.69, 9.17) is 9.47 Å². The fourth-order valence-corrected chi connectivity index (χ4v) is 4.70. The molecule has 5 heteroatoms. The van der Waals surface area contributed by atoms with E-state index in [0.717, 1.165) is 43.8 Å². The Bertz CT molecular complexity index is 1280. The van der Waals surface area contributed by atoms with E-state index in [2.05, 4.69) is 71.7 Å². The first-order valence-corrected chi connectivity index (χ1v) is 12.1. The predicted octanol–water partition coefficient (Wildman–Crippen LogP) is 6.57. The van der Waals surface area contributed by atoms with Gasteiger partial charge < -0.3 is 14.0 Å². The van der Waals surface area contributed by atoms with Gasteiger partial charge in [-0.3, -0.25) is 4.90 Å². The van der Waals surface area contributed by atoms with Crippen LogP contribution in [0.5, 0.6) is 17.4 Å². The SMILES string of the molecule is Cn1c(CN2CCCC(C)(C)COc3ccccc3Oc3ncccc3C2)cc2ccccc21. The summed E-state index contributed by atoms with van der Waals surface area (Å²) in [5.41, 5.74) is 3.72. The van der Waals surface area contributed by atoms with Gasteiger partial charge >= 0.3 is 0 Å². The number of fused-ring (bicyclic) bond motifs is 3. The van der Waals surface area contributed by atoms with Crippen LogP contribution in [0.4, 0.5) is 0 Å². The van der Waals surface area contributed by atoms with Crippen molar-refractivity contribution < 1.29 is 9.47 Å². The summed E-state index contributed by atoms with van der Waals surface area (Å²) < 4.78 is 14.9. The minimum atomic E-state index is 0.0671. The topological polar surface area (TPSA) is 39.5 Å². The van der Waals surface area contributed by atoms with Crippen molar-refractivity contribution in [2.75, 3.05) is 13.2 Å². The molecule has 5 nitrogen and oxygen atoms in total. The van der Waals surface area contributed by atoms with Crippen LogP contribution in [0.25, 0.3) is 10.9 Å². The maximum atomic E-state index is 6.33. The second kappa shape index (κ2) is 9.51. The number of benzene rings is 2. The maximum Gasteiger partial charge on any atom is 0.223 e. The molecule has 0 radical (unpaired) electrons. The zero-order valence-corrected chi connectivity index (χ0v) is 20.3. The molecule has 5 rings (SSSR count). The molecular formula is C29H33N3O2. The minimum Gasteiger partial charge on any atom is -0.489 e. The highest BCUT2D eigenvalue weighted by molar-refractivity contribution is 5.81. The van der Waals surface area contributed by atoms with Gasteiger partial charge in [-0.1, -0.05) is 50.2 Å². The van der Waals surface area contributed by atoms with E-state index >= 15 is 0 Å². The van der Waals surface area contributed by atoms with E-state index in [9.17, 15) is 0 Å². The summed E-state index contributed by atoms with van der Waals surface area (Å²) in [6, 6.07) is 22.9. The van der Waals surface area contributed by atoms with Crippen LogP contribution < -0.4 is 9.47 Å². The van der Waals surface area contributed by atoms with Crippen LogP contribution in [0.3, 0.4) is 0 Å². The standard InChI is InChI=1S/C29H33N3O2/c1-29(2)15-9-17-32(20-24-18-22-10-4-5-12-25(22)31(24)3)19-23-11-8-16-30-28(23)34-27-14-7-6-13-26(27)33-21-29/h4-8,10-14,16,18H,9,15,17,19-21H2,1-3H3. The Hall–Kier alpha value is -3.31. The third-order valence-electron chi connectivity index (χ3n) is 6.68. The van der Waals surface area contributed by atoms with Gasteiger partial charge in [0.05, 0.1) is 6.61 Å². The van der Waals surface area contributed by atoms with Crippen LogP contribution in [0.2, 0.25) is 0 Å². The molecule has 0 unspecified atom stereocenters. The van der Waals surface area contributed by atoms with Crippen LogP contribution in [0.1, 0.15) is 37.9 Å². The van der Waals surface area contributed by atoms with Crippen molar-refractivity contribution in [1.29, 1.82) is 0 Å². The van der Waals surface area contributed by atoms with Gasteiger partial charge in [-0.15, -0.1) is 0 Å². The molecule has 0 aliphatic carbocycles. The molecule has 0 fully saturated rings. The van der Waals surface area contributed by atoms with Crippen LogP contribution in [-0.2, 0) is 20.1 Å². The summed E-state index contributed by atoms with van der Waals surface area (Å²) in [5, 5.41) is 1.28. The first-order chi connectivity index (χ1) is 16.5. The van der Waals surface area contributed by atoms with Crippen molar-refractivity contribution in [2.45, 2.75) is 39.8 Å². The van der Waals surface area contributed by atoms with Crippen LogP contribution in [0, 0.1) is 5.41 Å². The van der Waals surface area contributed by atoms with Crippen molar-refractivity contribution in [3.05, 3.63) is 84.2 Å². The largest absolute Gasteiger partial charge is 0.489 e. The third-order valence-corrected chi connectivity index (χ3v) is 6.68. The number of para-hydroxylation sites is 3. The second-order valence-electron chi connectivity index (χ2n) is 10.0. The molecule has 0 amide bonds. The zero-order valence-electron chi connectivity index (χ0n) is 20.3. The highest BCUT2D eigenvalue weighted by Gasteiger charge is 2.22. The fraction of sp³-hybridized carbons (Fsp3) is 0.345. The Morgan fingerprint density at radius 2 is 1.76 bits per heavy atom. The molecule has 2 aromatic heterocycles. The summed E-state index contributed by atoms with van der Waals surface area (Å²) in [6.07, 6.45) is 3.97. The number of pyridine rings is 1. The van der Waals surface area contributed by atoms with E-state index in [1.807, 2.05) is 30.3 Å². The average molecular weight is 456 g/mol. The lowest BCUT2D eigenvalue weighted by Gasteiger charge is -2.27. The lowest BCUT2D eigenvalue weighted by molar-refractivity contribution is 0.154. The molecular weight excluding hydrogens is 422 g/mol. The van der Waals surface area contributed by atoms with Gasteiger partial charge in [0, 0.05) is 43.1 Å². The molecule has 0 atom stereocenters. The van der Waals surface area contributed by atoms with Crippen molar-refractivity contribution in [3.63, 3.8) is 0 Å². The first kappa shape index (κ1) is 22.5. The molecule has 0 spiro atoms. The number of nitrogens with zero attached hydrogens (tertiary/aromatic N) is 3. The van der Waals surface area contributed by atoms with Gasteiger partial charge in [0.25, 0.3) is 0 Å². The minimum absolute atomic E-state index is 0.0671. The number of hydrogen-bond acceptors (Lipinski definition) is 4. The lowest BCUT2D eigenvalue weighted by atomic mass is 9.88. The first-order valence-electron chi connectivity index (χ1n) is 12.1. The van der Waals surface area contributed by atoms with Crippen LogP contribution in [-0.4, -0.2) is 27.6 Å². The molecule has 1 aliphatic rings. The van der Waals surface area contributed by atoms with E-state index in [-0.39, 0.29) is 5.41 Å². The Balaban J connectivity index is 1.48. The Morgan fingerprint density at radius 1 is 0.971 bits per heavy atom. The van der Waals surface area contributed by atoms with E-state index in [1.54, 1.807) is 6.20 Å². The lowest BCUT2D eigenvalue weighted by Crippen LogP contribution is -2.27. The normalized spacial score (nSPS) is 16.8. The number of aromatic nitrogens is 2. The number of rotatable bonds is 2. The molecule has 0 bridgehead atoms. The summed E-state index contributed by atoms with van der Waals surface area (Å²) in [6.45, 7) is 7.83. The van der Waals surface area contributed by atoms with Gasteiger partial charge in [-0.2, -0.15) is 0 Å². The molecule has 1 aliphatic heterocycles. The quantitative estimate of drug-likeness (QED) is 0.343. The van der Waals surface area contributed by atoms with E-state index < -0.39 is 0 Å². The number of hydrogen-bond donors (Lipinski definition) is 0. The molecule has 176 valence electrons. The zero-order chi connectivity index (χ0) is 23.5. The molecule has 0 saturated carbocycles. The van der Waals surface area contributed by atoms with Crippen molar-refractivity contribution in [3.8, 4) is 17.4 Å². The number of ether oxygens (including phenoxy) is 2. The Kier molecular flexibility index (Phi) is 6.29. The average Bonchev–Trinajstić information content (AvgIpc) is 3.14. The van der Waals surface area contributed by atoms with Crippen molar-refractivity contribution in [1.82, 2.24) is 14.5 Å². The summed E-state index contributed by atoms with van der Waals surface area (Å²) in [7, 11) is 2.16. The summed E-state index contributed by atoms with van der Waals surface area (Å²) in [4.78, 5) is 7.10. The Morgan fingerprint density at radius 3 is 2.62 bits per heavy atom. The monoisotopic (exact) mass is 455 g/mol. The Labute approximate surface area is 201 Å². The molecule has 4 aromatic rings.